The van der Waals surface area contributed by atoms with Crippen molar-refractivity contribution in [3.05, 3.63) is 0 Å². The summed E-state index contributed by atoms with van der Waals surface area (Å²) in [6.07, 6.45) is 2.97. The number of hydrogen-bond donors (Lipinski definition) is 1. The molecule has 0 saturated carbocycles. The molecule has 0 aromatic rings. The first-order valence-electron chi connectivity index (χ1n) is 8.09. The Hall–Kier alpha value is -0.900. The van der Waals surface area contributed by atoms with Gasteiger partial charge in [0.15, 0.2) is 0 Å². The van der Waals surface area contributed by atoms with E-state index in [4.69, 9.17) is 4.74 Å². The third kappa shape index (κ3) is 12.5. The fourth-order valence-electron chi connectivity index (χ4n) is 2.34. The average Bonchev–Trinajstić information content (AvgIpc) is 2.25. The van der Waals surface area contributed by atoms with Gasteiger partial charge in [0.25, 0.3) is 0 Å². The number of Topliss-reactive ketones (excluding diaryl/α,β-unsaturated/α-hetero) is 1. The highest BCUT2D eigenvalue weighted by molar-refractivity contribution is 5.95. The molecule has 0 aliphatic rings. The van der Waals surface area contributed by atoms with Crippen molar-refractivity contribution >= 4 is 11.8 Å². The van der Waals surface area contributed by atoms with Gasteiger partial charge in [0, 0.05) is 6.42 Å². The molecule has 4 nitrogen and oxygen atoms in total. The predicted molar refractivity (Wildman–Crippen MR) is 83.9 cm³/mol. The van der Waals surface area contributed by atoms with Gasteiger partial charge in [-0.05, 0) is 32.1 Å². The maximum absolute atomic E-state index is 11.7. The first-order chi connectivity index (χ1) is 9.70. The van der Waals surface area contributed by atoms with E-state index in [-0.39, 0.29) is 24.7 Å². The first-order valence-corrected chi connectivity index (χ1v) is 8.09. The van der Waals surface area contributed by atoms with Crippen LogP contribution in [0.3, 0.4) is 0 Å². The van der Waals surface area contributed by atoms with E-state index >= 15 is 0 Å². The molecule has 0 heterocycles. The molecule has 0 spiro atoms. The Balaban J connectivity index is 3.88. The van der Waals surface area contributed by atoms with Gasteiger partial charge >= 0.3 is 5.97 Å². The van der Waals surface area contributed by atoms with Gasteiger partial charge in [-0.25, -0.2) is 0 Å². The van der Waals surface area contributed by atoms with Crippen LogP contribution in [0.25, 0.3) is 0 Å². The summed E-state index contributed by atoms with van der Waals surface area (Å²) in [6, 6.07) is 0. The number of aliphatic hydroxyl groups excluding tert-OH is 1. The zero-order chi connectivity index (χ0) is 16.4. The van der Waals surface area contributed by atoms with Crippen LogP contribution in [0.1, 0.15) is 73.1 Å². The largest absolute Gasteiger partial charge is 0.463 e. The highest BCUT2D eigenvalue weighted by Crippen LogP contribution is 2.18. The van der Waals surface area contributed by atoms with Crippen LogP contribution in [0.5, 0.6) is 0 Å². The molecule has 0 amide bonds. The molecule has 0 saturated heterocycles. The number of aliphatic hydroxyl groups is 1. The normalized spacial score (nSPS) is 14.3. The average molecular weight is 300 g/mol. The van der Waals surface area contributed by atoms with Gasteiger partial charge in [0.05, 0.1) is 12.2 Å². The lowest BCUT2D eigenvalue weighted by Crippen LogP contribution is -2.21. The Labute approximate surface area is 129 Å². The van der Waals surface area contributed by atoms with Crippen LogP contribution in [-0.4, -0.2) is 29.1 Å². The summed E-state index contributed by atoms with van der Waals surface area (Å²) in [5, 5.41) is 9.92. The first kappa shape index (κ1) is 20.1. The molecule has 0 aromatic carbocycles. The van der Waals surface area contributed by atoms with E-state index in [0.29, 0.717) is 18.3 Å². The van der Waals surface area contributed by atoms with E-state index < -0.39 is 12.1 Å². The highest BCUT2D eigenvalue weighted by atomic mass is 16.5. The van der Waals surface area contributed by atoms with Crippen molar-refractivity contribution in [2.45, 2.75) is 85.4 Å². The molecule has 0 fully saturated rings. The van der Waals surface area contributed by atoms with Crippen LogP contribution in [-0.2, 0) is 14.3 Å². The minimum Gasteiger partial charge on any atom is -0.463 e. The lowest BCUT2D eigenvalue weighted by Gasteiger charge is -2.16. The second kappa shape index (κ2) is 10.8. The SMILES string of the molecule is CC(C)CCCC(C)CC(O)CC(=O)CC(=O)OC(C)C. The molecule has 124 valence electrons. The third-order valence-electron chi connectivity index (χ3n) is 3.32. The summed E-state index contributed by atoms with van der Waals surface area (Å²) in [5.74, 6) is 0.347. The predicted octanol–water partition coefficient (Wildman–Crippen LogP) is 3.50. The zero-order valence-electron chi connectivity index (χ0n) is 14.2. The number of ether oxygens (including phenoxy) is 1. The van der Waals surface area contributed by atoms with Crippen molar-refractivity contribution in [2.24, 2.45) is 11.8 Å². The number of carbonyl (C=O) groups is 2. The van der Waals surface area contributed by atoms with Crippen molar-refractivity contribution in [3.63, 3.8) is 0 Å². The van der Waals surface area contributed by atoms with Crippen LogP contribution >= 0.6 is 0 Å². The number of hydrogen-bond acceptors (Lipinski definition) is 4. The lowest BCUT2D eigenvalue weighted by atomic mass is 9.93. The topological polar surface area (TPSA) is 63.6 Å². The lowest BCUT2D eigenvalue weighted by molar-refractivity contribution is -0.149. The van der Waals surface area contributed by atoms with Crippen LogP contribution in [0.15, 0.2) is 0 Å². The monoisotopic (exact) mass is 300 g/mol. The van der Waals surface area contributed by atoms with Crippen LogP contribution in [0.4, 0.5) is 0 Å². The molecule has 2 unspecified atom stereocenters. The molecule has 1 N–H and O–H groups in total. The van der Waals surface area contributed by atoms with Crippen molar-refractivity contribution in [1.29, 1.82) is 0 Å². The Morgan fingerprint density at radius 3 is 2.19 bits per heavy atom. The summed E-state index contributed by atoms with van der Waals surface area (Å²) in [5.41, 5.74) is 0. The zero-order valence-corrected chi connectivity index (χ0v) is 14.2. The number of esters is 1. The smallest absolute Gasteiger partial charge is 0.313 e. The maximum atomic E-state index is 11.7. The fourth-order valence-corrected chi connectivity index (χ4v) is 2.34. The molecule has 0 aromatic heterocycles. The van der Waals surface area contributed by atoms with Crippen LogP contribution < -0.4 is 0 Å². The molecule has 2 atom stereocenters. The summed E-state index contributed by atoms with van der Waals surface area (Å²) in [4.78, 5) is 23.0. The molecule has 0 aliphatic heterocycles. The number of carbonyl (C=O) groups excluding carboxylic acids is 2. The minimum atomic E-state index is -0.654. The molecular formula is C17H32O4. The van der Waals surface area contributed by atoms with Gasteiger partial charge < -0.3 is 9.84 Å². The Morgan fingerprint density at radius 2 is 1.67 bits per heavy atom. The molecule has 0 aliphatic carbocycles. The van der Waals surface area contributed by atoms with Gasteiger partial charge in [-0.2, -0.15) is 0 Å². The Bertz CT molecular complexity index is 310. The van der Waals surface area contributed by atoms with Gasteiger partial charge in [-0.3, -0.25) is 9.59 Å². The molecule has 0 rings (SSSR count). The molecule has 0 radical (unpaired) electrons. The van der Waals surface area contributed by atoms with E-state index in [1.807, 2.05) is 0 Å². The van der Waals surface area contributed by atoms with Crippen molar-refractivity contribution in [2.75, 3.05) is 0 Å². The molecule has 4 heteroatoms. The van der Waals surface area contributed by atoms with Crippen molar-refractivity contribution < 1.29 is 19.4 Å². The second-order valence-electron chi connectivity index (χ2n) is 6.78. The van der Waals surface area contributed by atoms with Gasteiger partial charge in [-0.15, -0.1) is 0 Å². The van der Waals surface area contributed by atoms with E-state index in [9.17, 15) is 14.7 Å². The van der Waals surface area contributed by atoms with Crippen LogP contribution in [0, 0.1) is 11.8 Å². The van der Waals surface area contributed by atoms with E-state index in [1.165, 1.54) is 6.42 Å². The highest BCUT2D eigenvalue weighted by Gasteiger charge is 2.18. The molecule has 21 heavy (non-hydrogen) atoms. The van der Waals surface area contributed by atoms with E-state index in [1.54, 1.807) is 13.8 Å². The maximum Gasteiger partial charge on any atom is 0.313 e. The van der Waals surface area contributed by atoms with Gasteiger partial charge in [-0.1, -0.05) is 40.0 Å². The summed E-state index contributed by atoms with van der Waals surface area (Å²) in [7, 11) is 0. The summed E-state index contributed by atoms with van der Waals surface area (Å²) < 4.78 is 4.92. The van der Waals surface area contributed by atoms with E-state index in [0.717, 1.165) is 12.8 Å². The quantitative estimate of drug-likeness (QED) is 0.468. The van der Waals surface area contributed by atoms with Gasteiger partial charge in [0.2, 0.25) is 0 Å². The Morgan fingerprint density at radius 1 is 1.05 bits per heavy atom. The van der Waals surface area contributed by atoms with Crippen molar-refractivity contribution in [1.82, 2.24) is 0 Å². The standard InChI is InChI=1S/C17H32O4/c1-12(2)7-6-8-14(5)9-15(18)10-16(19)11-17(20)21-13(3)4/h12-15,18H,6-11H2,1-5H3. The third-order valence-corrected chi connectivity index (χ3v) is 3.32. The second-order valence-corrected chi connectivity index (χ2v) is 6.78. The summed E-state index contributed by atoms with van der Waals surface area (Å²) >= 11 is 0. The van der Waals surface area contributed by atoms with Gasteiger partial charge in [0.1, 0.15) is 12.2 Å². The summed E-state index contributed by atoms with van der Waals surface area (Å²) in [6.45, 7) is 10.00. The number of ketones is 1. The van der Waals surface area contributed by atoms with Crippen molar-refractivity contribution in [3.8, 4) is 0 Å². The van der Waals surface area contributed by atoms with Crippen LogP contribution in [0.2, 0.25) is 0 Å². The Kier molecular flexibility index (Phi) is 10.3. The fraction of sp³-hybridized carbons (Fsp3) is 0.882. The minimum absolute atomic E-state index is 0.0434. The van der Waals surface area contributed by atoms with E-state index in [2.05, 4.69) is 20.8 Å². The number of rotatable bonds is 11. The molecule has 0 bridgehead atoms. The molecular weight excluding hydrogens is 268 g/mol.